The molecule has 0 radical (unpaired) electrons. The highest BCUT2D eigenvalue weighted by Gasteiger charge is 2.30. The number of rotatable bonds is 6. The lowest BCUT2D eigenvalue weighted by Gasteiger charge is -2.30. The van der Waals surface area contributed by atoms with Crippen molar-refractivity contribution < 1.29 is 23.8 Å². The smallest absolute Gasteiger partial charge is 0.339 e. The first-order valence-electron chi connectivity index (χ1n) is 9.04. The second-order valence-electron chi connectivity index (χ2n) is 6.09. The Bertz CT molecular complexity index is 754. The third kappa shape index (κ3) is 4.86. The molecule has 0 aromatic heterocycles. The first-order valence-corrected chi connectivity index (χ1v) is 9.04. The van der Waals surface area contributed by atoms with E-state index in [9.17, 15) is 9.59 Å². The molecule has 1 fully saturated rings. The summed E-state index contributed by atoms with van der Waals surface area (Å²) in [5.74, 6) is -0.102. The van der Waals surface area contributed by atoms with E-state index in [4.69, 9.17) is 14.2 Å². The Labute approximate surface area is 158 Å². The summed E-state index contributed by atoms with van der Waals surface area (Å²) in [5, 5.41) is 0. The summed E-state index contributed by atoms with van der Waals surface area (Å²) >= 11 is 0. The van der Waals surface area contributed by atoms with E-state index in [1.807, 2.05) is 25.1 Å². The van der Waals surface area contributed by atoms with Crippen LogP contribution in [-0.2, 0) is 14.3 Å². The number of hydrogen-bond donors (Lipinski definition) is 0. The van der Waals surface area contributed by atoms with Crippen LogP contribution in [0, 0.1) is 0 Å². The number of carbonyl (C=O) groups excluding carboxylic acids is 2. The lowest BCUT2D eigenvalue weighted by molar-refractivity contribution is -0.145. The van der Waals surface area contributed by atoms with Crippen LogP contribution in [0.2, 0.25) is 0 Å². The molecule has 0 saturated carbocycles. The molecule has 0 unspecified atom stereocenters. The van der Waals surface area contributed by atoms with Crippen LogP contribution in [0.25, 0.3) is 0 Å². The monoisotopic (exact) mass is 369 g/mol. The number of benzene rings is 2. The molecule has 1 atom stereocenters. The average molecular weight is 369 g/mol. The number of amides is 1. The molecule has 1 aliphatic heterocycles. The molecule has 2 aromatic carbocycles. The van der Waals surface area contributed by atoms with Gasteiger partial charge in [0.1, 0.15) is 5.75 Å². The molecule has 6 nitrogen and oxygen atoms in total. The molecule has 0 spiro atoms. The van der Waals surface area contributed by atoms with E-state index in [2.05, 4.69) is 0 Å². The number of carbonyl (C=O) groups is 2. The second kappa shape index (κ2) is 9.19. The minimum atomic E-state index is -0.983. The molecule has 1 amide bonds. The lowest BCUT2D eigenvalue weighted by atomic mass is 10.1. The van der Waals surface area contributed by atoms with Crippen molar-refractivity contribution in [2.75, 3.05) is 32.9 Å². The highest BCUT2D eigenvalue weighted by molar-refractivity contribution is 5.92. The summed E-state index contributed by atoms with van der Waals surface area (Å²) in [4.78, 5) is 27.3. The molecule has 1 aliphatic rings. The zero-order chi connectivity index (χ0) is 19.1. The minimum Gasteiger partial charge on any atom is -0.494 e. The van der Waals surface area contributed by atoms with Gasteiger partial charge in [0.05, 0.1) is 25.4 Å². The Kier molecular flexibility index (Phi) is 6.44. The highest BCUT2D eigenvalue weighted by atomic mass is 16.5. The van der Waals surface area contributed by atoms with Crippen LogP contribution in [-0.4, -0.2) is 49.7 Å². The third-order valence-corrected chi connectivity index (χ3v) is 4.28. The van der Waals surface area contributed by atoms with Gasteiger partial charge in [-0.05, 0) is 31.2 Å². The summed E-state index contributed by atoms with van der Waals surface area (Å²) in [7, 11) is 0. The summed E-state index contributed by atoms with van der Waals surface area (Å²) in [6.45, 7) is 4.39. The molecular formula is C21H23NO5. The van der Waals surface area contributed by atoms with Gasteiger partial charge in [0.15, 0.2) is 0 Å². The van der Waals surface area contributed by atoms with E-state index >= 15 is 0 Å². The Morgan fingerprint density at radius 3 is 2.33 bits per heavy atom. The van der Waals surface area contributed by atoms with Crippen molar-refractivity contribution >= 4 is 11.9 Å². The van der Waals surface area contributed by atoms with Crippen LogP contribution in [0.1, 0.15) is 28.9 Å². The molecule has 6 heteroatoms. The van der Waals surface area contributed by atoms with Crippen molar-refractivity contribution in [3.63, 3.8) is 0 Å². The van der Waals surface area contributed by atoms with E-state index in [1.165, 1.54) is 0 Å². The Morgan fingerprint density at radius 2 is 1.70 bits per heavy atom. The first-order chi connectivity index (χ1) is 13.2. The van der Waals surface area contributed by atoms with Gasteiger partial charge in [0, 0.05) is 18.7 Å². The molecule has 0 aliphatic carbocycles. The fourth-order valence-corrected chi connectivity index (χ4v) is 2.87. The van der Waals surface area contributed by atoms with Gasteiger partial charge in [0.25, 0.3) is 5.91 Å². The standard InChI is InChI=1S/C21H23NO5/c1-2-26-18-10-8-17(9-11-18)21(24)27-19(16-6-4-3-5-7-16)20(23)22-12-14-25-15-13-22/h3-11,19H,2,12-15H2,1H3/t19-/m0/s1. The van der Waals surface area contributed by atoms with Gasteiger partial charge < -0.3 is 19.1 Å². The van der Waals surface area contributed by atoms with Crippen LogP contribution < -0.4 is 4.74 Å². The topological polar surface area (TPSA) is 65.1 Å². The zero-order valence-corrected chi connectivity index (χ0v) is 15.3. The summed E-state index contributed by atoms with van der Waals surface area (Å²) in [6, 6.07) is 15.8. The largest absolute Gasteiger partial charge is 0.494 e. The van der Waals surface area contributed by atoms with Crippen molar-refractivity contribution in [2.24, 2.45) is 0 Å². The van der Waals surface area contributed by atoms with E-state index < -0.39 is 12.1 Å². The van der Waals surface area contributed by atoms with Crippen molar-refractivity contribution in [2.45, 2.75) is 13.0 Å². The van der Waals surface area contributed by atoms with E-state index in [-0.39, 0.29) is 5.91 Å². The quantitative estimate of drug-likeness (QED) is 0.733. The van der Waals surface area contributed by atoms with Crippen molar-refractivity contribution in [1.29, 1.82) is 0 Å². The molecule has 142 valence electrons. The van der Waals surface area contributed by atoms with E-state index in [0.717, 1.165) is 0 Å². The van der Waals surface area contributed by atoms with Crippen molar-refractivity contribution in [3.05, 3.63) is 65.7 Å². The van der Waals surface area contributed by atoms with Gasteiger partial charge in [-0.1, -0.05) is 30.3 Å². The number of ether oxygens (including phenoxy) is 3. The number of hydrogen-bond acceptors (Lipinski definition) is 5. The van der Waals surface area contributed by atoms with Crippen LogP contribution in [0.5, 0.6) is 5.75 Å². The highest BCUT2D eigenvalue weighted by Crippen LogP contribution is 2.23. The van der Waals surface area contributed by atoms with Gasteiger partial charge in [0.2, 0.25) is 6.10 Å². The van der Waals surface area contributed by atoms with Crippen LogP contribution in [0.4, 0.5) is 0 Å². The van der Waals surface area contributed by atoms with Gasteiger partial charge in [-0.15, -0.1) is 0 Å². The lowest BCUT2D eigenvalue weighted by Crippen LogP contribution is -2.44. The Hall–Kier alpha value is -2.86. The number of morpholine rings is 1. The molecular weight excluding hydrogens is 346 g/mol. The predicted molar refractivity (Wildman–Crippen MR) is 99.6 cm³/mol. The van der Waals surface area contributed by atoms with E-state index in [0.29, 0.717) is 49.8 Å². The molecule has 1 saturated heterocycles. The maximum absolute atomic E-state index is 13.0. The summed E-state index contributed by atoms with van der Waals surface area (Å²) in [5.41, 5.74) is 1.02. The first kappa shape index (κ1) is 18.9. The SMILES string of the molecule is CCOc1ccc(C(=O)O[C@H](C(=O)N2CCOCC2)c2ccccc2)cc1. The zero-order valence-electron chi connectivity index (χ0n) is 15.3. The van der Waals surface area contributed by atoms with Gasteiger partial charge >= 0.3 is 5.97 Å². The van der Waals surface area contributed by atoms with Crippen LogP contribution in [0.15, 0.2) is 54.6 Å². The predicted octanol–water partition coefficient (Wildman–Crippen LogP) is 2.84. The fraction of sp³-hybridized carbons (Fsp3) is 0.333. The average Bonchev–Trinajstić information content (AvgIpc) is 2.73. The minimum absolute atomic E-state index is 0.233. The Balaban J connectivity index is 1.78. The van der Waals surface area contributed by atoms with Gasteiger partial charge in [-0.3, -0.25) is 4.79 Å². The molecule has 1 heterocycles. The van der Waals surface area contributed by atoms with Gasteiger partial charge in [-0.2, -0.15) is 0 Å². The maximum atomic E-state index is 13.0. The molecule has 0 bridgehead atoms. The number of nitrogens with zero attached hydrogens (tertiary/aromatic N) is 1. The van der Waals surface area contributed by atoms with Gasteiger partial charge in [-0.25, -0.2) is 4.79 Å². The summed E-state index contributed by atoms with van der Waals surface area (Å²) in [6.07, 6.45) is -0.983. The number of esters is 1. The maximum Gasteiger partial charge on any atom is 0.339 e. The second-order valence-corrected chi connectivity index (χ2v) is 6.09. The third-order valence-electron chi connectivity index (χ3n) is 4.28. The van der Waals surface area contributed by atoms with E-state index in [1.54, 1.807) is 41.3 Å². The molecule has 27 heavy (non-hydrogen) atoms. The molecule has 2 aromatic rings. The van der Waals surface area contributed by atoms with Crippen LogP contribution in [0.3, 0.4) is 0 Å². The van der Waals surface area contributed by atoms with Crippen molar-refractivity contribution in [3.8, 4) is 5.75 Å². The normalized spacial score (nSPS) is 15.1. The fourth-order valence-electron chi connectivity index (χ4n) is 2.87. The van der Waals surface area contributed by atoms with Crippen molar-refractivity contribution in [1.82, 2.24) is 4.90 Å². The molecule has 0 N–H and O–H groups in total. The van der Waals surface area contributed by atoms with Crippen LogP contribution >= 0.6 is 0 Å². The Morgan fingerprint density at radius 1 is 1.04 bits per heavy atom. The molecule has 3 rings (SSSR count). The summed E-state index contributed by atoms with van der Waals surface area (Å²) < 4.78 is 16.3.